The average Bonchev–Trinajstić information content (AvgIpc) is 2.05. The van der Waals surface area contributed by atoms with Gasteiger partial charge in [0, 0.05) is 13.1 Å². The predicted molar refractivity (Wildman–Crippen MR) is 48.3 cm³/mol. The molecule has 0 aromatic heterocycles. The van der Waals surface area contributed by atoms with Crippen LogP contribution in [0.5, 0.6) is 0 Å². The van der Waals surface area contributed by atoms with Gasteiger partial charge in [0.1, 0.15) is 0 Å². The van der Waals surface area contributed by atoms with E-state index in [0.717, 1.165) is 6.04 Å². The van der Waals surface area contributed by atoms with Crippen LogP contribution in [0.25, 0.3) is 0 Å². The van der Waals surface area contributed by atoms with Crippen molar-refractivity contribution < 1.29 is 0 Å². The zero-order valence-electron chi connectivity index (χ0n) is 6.55. The van der Waals surface area contributed by atoms with Crippen LogP contribution in [0, 0.1) is 0 Å². The first kappa shape index (κ1) is 7.99. The third kappa shape index (κ3) is 1.94. The van der Waals surface area contributed by atoms with E-state index in [4.69, 9.17) is 12.2 Å². The van der Waals surface area contributed by atoms with E-state index >= 15 is 0 Å². The van der Waals surface area contributed by atoms with Crippen molar-refractivity contribution in [2.75, 3.05) is 7.05 Å². The van der Waals surface area contributed by atoms with Crippen LogP contribution in [0.4, 0.5) is 0 Å². The van der Waals surface area contributed by atoms with Gasteiger partial charge in [-0.3, -0.25) is 0 Å². The minimum atomic E-state index is 0.742. The Balaban J connectivity index is 2.30. The van der Waals surface area contributed by atoms with Crippen LogP contribution in [-0.4, -0.2) is 23.5 Å². The van der Waals surface area contributed by atoms with Crippen LogP contribution in [0.2, 0.25) is 0 Å². The Labute approximate surface area is 68.4 Å². The molecule has 0 heterocycles. The Bertz CT molecular complexity index is 108. The largest absolute Gasteiger partial charge is 0.369 e. The van der Waals surface area contributed by atoms with Crippen molar-refractivity contribution in [1.82, 2.24) is 4.90 Å². The maximum absolute atomic E-state index is 4.86. The normalized spacial score (nSPS) is 20.5. The molecule has 0 N–H and O–H groups in total. The topological polar surface area (TPSA) is 3.24 Å². The summed E-state index contributed by atoms with van der Waals surface area (Å²) in [6.45, 7) is 0. The van der Waals surface area contributed by atoms with Crippen molar-refractivity contribution in [2.45, 2.75) is 38.1 Å². The zero-order valence-corrected chi connectivity index (χ0v) is 7.36. The van der Waals surface area contributed by atoms with Gasteiger partial charge in [0.15, 0.2) is 0 Å². The quantitative estimate of drug-likeness (QED) is 0.565. The molecule has 2 heteroatoms. The number of thiocarbonyl (C=S) groups is 1. The Morgan fingerprint density at radius 2 is 1.90 bits per heavy atom. The molecule has 0 spiro atoms. The molecule has 1 rings (SSSR count). The molecule has 0 amide bonds. The fraction of sp³-hybridized carbons (Fsp3) is 0.875. The summed E-state index contributed by atoms with van der Waals surface area (Å²) in [5.41, 5.74) is 1.77. The summed E-state index contributed by atoms with van der Waals surface area (Å²) in [5, 5.41) is 0. The van der Waals surface area contributed by atoms with Crippen LogP contribution in [0.1, 0.15) is 32.1 Å². The van der Waals surface area contributed by atoms with Crippen LogP contribution in [0.3, 0.4) is 0 Å². The van der Waals surface area contributed by atoms with Gasteiger partial charge in [0.05, 0.1) is 5.49 Å². The third-order valence-electron chi connectivity index (χ3n) is 2.32. The standard InChI is InChI=1S/C8H15NS/c1-9(7-10)8-5-3-2-4-6-8/h7-8H,2-6H2,1H3. The molecule has 1 fully saturated rings. The molecule has 0 bridgehead atoms. The lowest BCUT2D eigenvalue weighted by Gasteiger charge is -2.29. The van der Waals surface area contributed by atoms with E-state index in [-0.39, 0.29) is 0 Å². The summed E-state index contributed by atoms with van der Waals surface area (Å²) < 4.78 is 0. The molecule has 1 nitrogen and oxygen atoms in total. The SMILES string of the molecule is CN(C=S)C1CCCCC1. The van der Waals surface area contributed by atoms with Gasteiger partial charge in [0.25, 0.3) is 0 Å². The number of hydrogen-bond donors (Lipinski definition) is 0. The van der Waals surface area contributed by atoms with Gasteiger partial charge in [-0.05, 0) is 12.8 Å². The maximum Gasteiger partial charge on any atom is 0.0640 e. The first-order chi connectivity index (χ1) is 4.84. The van der Waals surface area contributed by atoms with E-state index < -0.39 is 0 Å². The van der Waals surface area contributed by atoms with Crippen molar-refractivity contribution in [3.8, 4) is 0 Å². The lowest BCUT2D eigenvalue weighted by Crippen LogP contribution is -2.31. The summed E-state index contributed by atoms with van der Waals surface area (Å²) in [5.74, 6) is 0. The molecule has 0 aromatic carbocycles. The molecule has 1 aliphatic rings. The fourth-order valence-corrected chi connectivity index (χ4v) is 1.75. The third-order valence-corrected chi connectivity index (χ3v) is 2.65. The van der Waals surface area contributed by atoms with E-state index in [1.165, 1.54) is 32.1 Å². The summed E-state index contributed by atoms with van der Waals surface area (Å²) in [7, 11) is 2.09. The lowest BCUT2D eigenvalue weighted by molar-refractivity contribution is 0.287. The summed E-state index contributed by atoms with van der Waals surface area (Å²) in [6.07, 6.45) is 6.87. The summed E-state index contributed by atoms with van der Waals surface area (Å²) >= 11 is 4.86. The molecular formula is C8H15NS. The average molecular weight is 157 g/mol. The van der Waals surface area contributed by atoms with E-state index in [1.54, 1.807) is 5.49 Å². The highest BCUT2D eigenvalue weighted by Crippen LogP contribution is 2.20. The van der Waals surface area contributed by atoms with Crippen LogP contribution in [0.15, 0.2) is 0 Å². The van der Waals surface area contributed by atoms with Gasteiger partial charge >= 0.3 is 0 Å². The first-order valence-corrected chi connectivity index (χ1v) is 4.49. The van der Waals surface area contributed by atoms with E-state index in [0.29, 0.717) is 0 Å². The van der Waals surface area contributed by atoms with Gasteiger partial charge in [-0.15, -0.1) is 0 Å². The van der Waals surface area contributed by atoms with Crippen LogP contribution < -0.4 is 0 Å². The Hall–Kier alpha value is -0.110. The van der Waals surface area contributed by atoms with Crippen LogP contribution >= 0.6 is 12.2 Å². The molecule has 0 unspecified atom stereocenters. The zero-order chi connectivity index (χ0) is 7.40. The molecule has 1 saturated carbocycles. The first-order valence-electron chi connectivity index (χ1n) is 4.02. The van der Waals surface area contributed by atoms with Crippen molar-refractivity contribution in [3.05, 3.63) is 0 Å². The van der Waals surface area contributed by atoms with Crippen LogP contribution in [-0.2, 0) is 0 Å². The maximum atomic E-state index is 4.86. The van der Waals surface area contributed by atoms with Gasteiger partial charge < -0.3 is 4.90 Å². The molecule has 1 aliphatic carbocycles. The Kier molecular flexibility index (Phi) is 3.13. The molecular weight excluding hydrogens is 142 g/mol. The molecule has 0 aliphatic heterocycles. The minimum absolute atomic E-state index is 0.742. The minimum Gasteiger partial charge on any atom is -0.369 e. The predicted octanol–water partition coefficient (Wildman–Crippen LogP) is 2.21. The number of hydrogen-bond acceptors (Lipinski definition) is 1. The summed E-state index contributed by atoms with van der Waals surface area (Å²) in [6, 6.07) is 0.742. The van der Waals surface area contributed by atoms with E-state index in [9.17, 15) is 0 Å². The number of nitrogens with zero attached hydrogens (tertiary/aromatic N) is 1. The van der Waals surface area contributed by atoms with Crippen molar-refractivity contribution in [3.63, 3.8) is 0 Å². The molecule has 0 radical (unpaired) electrons. The highest BCUT2D eigenvalue weighted by atomic mass is 32.1. The monoisotopic (exact) mass is 157 g/mol. The van der Waals surface area contributed by atoms with Crippen molar-refractivity contribution in [1.29, 1.82) is 0 Å². The Morgan fingerprint density at radius 3 is 2.40 bits per heavy atom. The molecule has 0 saturated heterocycles. The fourth-order valence-electron chi connectivity index (χ4n) is 1.57. The molecule has 0 aromatic rings. The van der Waals surface area contributed by atoms with Gasteiger partial charge in [-0.1, -0.05) is 31.5 Å². The van der Waals surface area contributed by atoms with Crippen molar-refractivity contribution >= 4 is 17.7 Å². The second kappa shape index (κ2) is 3.91. The lowest BCUT2D eigenvalue weighted by atomic mass is 9.95. The van der Waals surface area contributed by atoms with E-state index in [1.807, 2.05) is 0 Å². The molecule has 10 heavy (non-hydrogen) atoms. The summed E-state index contributed by atoms with van der Waals surface area (Å²) in [4.78, 5) is 2.18. The second-order valence-corrected chi connectivity index (χ2v) is 3.27. The smallest absolute Gasteiger partial charge is 0.0640 e. The van der Waals surface area contributed by atoms with Gasteiger partial charge in [-0.25, -0.2) is 0 Å². The Morgan fingerprint density at radius 1 is 1.30 bits per heavy atom. The molecule has 58 valence electrons. The second-order valence-electron chi connectivity index (χ2n) is 3.06. The highest BCUT2D eigenvalue weighted by Gasteiger charge is 2.14. The van der Waals surface area contributed by atoms with Gasteiger partial charge in [0.2, 0.25) is 0 Å². The molecule has 0 atom stereocenters. The highest BCUT2D eigenvalue weighted by molar-refractivity contribution is 7.78. The van der Waals surface area contributed by atoms with Crippen molar-refractivity contribution in [2.24, 2.45) is 0 Å². The van der Waals surface area contributed by atoms with Gasteiger partial charge in [-0.2, -0.15) is 0 Å². The van der Waals surface area contributed by atoms with E-state index in [2.05, 4.69) is 11.9 Å². The number of rotatable bonds is 2.